The quantitative estimate of drug-likeness (QED) is 0.0261. The molecule has 0 spiro atoms. The minimum Gasteiger partial charge on any atom is -0.462 e. The summed E-state index contributed by atoms with van der Waals surface area (Å²) >= 11 is 0. The van der Waals surface area contributed by atoms with E-state index < -0.39 is 6.10 Å². The molecule has 0 rings (SSSR count). The van der Waals surface area contributed by atoms with Crippen molar-refractivity contribution in [1.82, 2.24) is 0 Å². The van der Waals surface area contributed by atoms with E-state index in [2.05, 4.69) is 118 Å². The van der Waals surface area contributed by atoms with E-state index in [1.165, 1.54) is 141 Å². The molecule has 0 amide bonds. The zero-order chi connectivity index (χ0) is 52.9. The molecule has 0 aromatic carbocycles. The summed E-state index contributed by atoms with van der Waals surface area (Å²) in [5, 5.41) is 0. The molecule has 0 aliphatic carbocycles. The lowest BCUT2D eigenvalue weighted by Gasteiger charge is -2.18. The fourth-order valence-corrected chi connectivity index (χ4v) is 8.44. The Labute approximate surface area is 451 Å². The second-order valence-corrected chi connectivity index (χ2v) is 20.2. The number of hydrogen-bond acceptors (Lipinski definition) is 6. The Morgan fingerprint density at radius 3 is 0.836 bits per heavy atom. The first-order valence-corrected chi connectivity index (χ1v) is 30.7. The van der Waals surface area contributed by atoms with Crippen LogP contribution in [-0.2, 0) is 28.6 Å². The number of ether oxygens (including phenoxy) is 3. The first-order valence-electron chi connectivity index (χ1n) is 30.7. The van der Waals surface area contributed by atoms with Crippen molar-refractivity contribution in [3.05, 3.63) is 97.2 Å². The van der Waals surface area contributed by atoms with Gasteiger partial charge in [-0.15, -0.1) is 0 Å². The molecule has 0 radical (unpaired) electrons. The fraction of sp³-hybridized carbons (Fsp3) is 0.716. The van der Waals surface area contributed by atoms with Crippen LogP contribution < -0.4 is 0 Å². The highest BCUT2D eigenvalue weighted by molar-refractivity contribution is 5.71. The molecule has 1 unspecified atom stereocenters. The number of carbonyl (C=O) groups excluding carboxylic acids is 3. The molecule has 0 aliphatic heterocycles. The van der Waals surface area contributed by atoms with Gasteiger partial charge in [-0.25, -0.2) is 0 Å². The van der Waals surface area contributed by atoms with Gasteiger partial charge in [0.25, 0.3) is 0 Å². The van der Waals surface area contributed by atoms with Crippen molar-refractivity contribution >= 4 is 17.9 Å². The summed E-state index contributed by atoms with van der Waals surface area (Å²) in [6.45, 7) is 6.48. The van der Waals surface area contributed by atoms with Crippen molar-refractivity contribution in [2.24, 2.45) is 0 Å². The minimum atomic E-state index is -0.792. The maximum absolute atomic E-state index is 12.9. The summed E-state index contributed by atoms with van der Waals surface area (Å²) in [7, 11) is 0. The van der Waals surface area contributed by atoms with Gasteiger partial charge in [0.05, 0.1) is 0 Å². The second-order valence-electron chi connectivity index (χ2n) is 20.2. The third-order valence-electron chi connectivity index (χ3n) is 13.0. The molecule has 0 heterocycles. The van der Waals surface area contributed by atoms with E-state index in [9.17, 15) is 14.4 Å². The van der Waals surface area contributed by atoms with Crippen molar-refractivity contribution in [2.75, 3.05) is 13.2 Å². The smallest absolute Gasteiger partial charge is 0.306 e. The lowest BCUT2D eigenvalue weighted by Crippen LogP contribution is -2.30. The van der Waals surface area contributed by atoms with E-state index in [-0.39, 0.29) is 31.1 Å². The Morgan fingerprint density at radius 1 is 0.288 bits per heavy atom. The predicted molar refractivity (Wildman–Crippen MR) is 316 cm³/mol. The van der Waals surface area contributed by atoms with Crippen LogP contribution in [0.5, 0.6) is 0 Å². The zero-order valence-corrected chi connectivity index (χ0v) is 47.9. The molecule has 6 nitrogen and oxygen atoms in total. The van der Waals surface area contributed by atoms with Gasteiger partial charge < -0.3 is 14.2 Å². The second kappa shape index (κ2) is 60.9. The molecule has 73 heavy (non-hydrogen) atoms. The lowest BCUT2D eigenvalue weighted by atomic mass is 10.1. The van der Waals surface area contributed by atoms with E-state index in [0.29, 0.717) is 19.3 Å². The monoisotopic (exact) mass is 1010 g/mol. The highest BCUT2D eigenvalue weighted by Crippen LogP contribution is 2.15. The van der Waals surface area contributed by atoms with E-state index in [1.54, 1.807) is 0 Å². The average molecular weight is 1020 g/mol. The summed E-state index contributed by atoms with van der Waals surface area (Å²) in [6, 6.07) is 0. The van der Waals surface area contributed by atoms with Gasteiger partial charge in [-0.2, -0.15) is 0 Å². The van der Waals surface area contributed by atoms with Gasteiger partial charge in [0.2, 0.25) is 0 Å². The highest BCUT2D eigenvalue weighted by Gasteiger charge is 2.19. The molecule has 0 aromatic heterocycles. The first-order chi connectivity index (χ1) is 36.0. The summed E-state index contributed by atoms with van der Waals surface area (Å²) in [6.07, 6.45) is 81.1. The van der Waals surface area contributed by atoms with Gasteiger partial charge >= 0.3 is 17.9 Å². The van der Waals surface area contributed by atoms with Crippen LogP contribution in [0.4, 0.5) is 0 Å². The van der Waals surface area contributed by atoms with Crippen molar-refractivity contribution in [2.45, 2.75) is 297 Å². The van der Waals surface area contributed by atoms with Crippen LogP contribution in [0.2, 0.25) is 0 Å². The zero-order valence-electron chi connectivity index (χ0n) is 47.9. The molecule has 0 saturated carbocycles. The Balaban J connectivity index is 4.43. The third-order valence-corrected chi connectivity index (χ3v) is 13.0. The van der Waals surface area contributed by atoms with E-state index in [0.717, 1.165) is 109 Å². The maximum Gasteiger partial charge on any atom is 0.306 e. The number of unbranched alkanes of at least 4 members (excludes halogenated alkanes) is 28. The summed E-state index contributed by atoms with van der Waals surface area (Å²) in [4.78, 5) is 38.3. The molecular formula is C67H114O6. The lowest BCUT2D eigenvalue weighted by molar-refractivity contribution is -0.167. The van der Waals surface area contributed by atoms with Crippen LogP contribution in [0.1, 0.15) is 290 Å². The summed E-state index contributed by atoms with van der Waals surface area (Å²) in [5.41, 5.74) is 0. The molecule has 0 fully saturated rings. The average Bonchev–Trinajstić information content (AvgIpc) is 3.39. The van der Waals surface area contributed by atoms with E-state index in [1.807, 2.05) is 0 Å². The third kappa shape index (κ3) is 59.1. The number of esters is 3. The van der Waals surface area contributed by atoms with Crippen molar-refractivity contribution in [1.29, 1.82) is 0 Å². The topological polar surface area (TPSA) is 78.9 Å². The van der Waals surface area contributed by atoms with Gasteiger partial charge in [-0.05, 0) is 122 Å². The predicted octanol–water partition coefficient (Wildman–Crippen LogP) is 20.9. The summed E-state index contributed by atoms with van der Waals surface area (Å²) < 4.78 is 16.9. The van der Waals surface area contributed by atoms with E-state index >= 15 is 0 Å². The standard InChI is InChI=1S/C67H114O6/c1-4-7-10-13-16-19-22-25-28-31-33-36-39-42-45-48-51-54-57-60-66(69)72-63-64(62-71-65(68)59-56-53-50-47-44-41-38-35-30-27-24-21-18-15-12-9-6-3)73-67(70)61-58-55-52-49-46-43-40-37-34-32-29-26-23-20-17-14-11-8-5-2/h9,12,16-21,25-30,33,36,64H,4-8,10-11,13-15,22-24,31-32,34-35,37-63H2,1-3H3/b12-9-,19-16-,20-17-,21-18-,28-25-,29-26-,30-27-,36-33-. The summed E-state index contributed by atoms with van der Waals surface area (Å²) in [5.74, 6) is -0.907. The molecule has 0 bridgehead atoms. The largest absolute Gasteiger partial charge is 0.462 e. The number of allylic oxidation sites excluding steroid dienone is 16. The van der Waals surface area contributed by atoms with Gasteiger partial charge in [-0.3, -0.25) is 14.4 Å². The normalized spacial score (nSPS) is 12.8. The molecule has 6 heteroatoms. The van der Waals surface area contributed by atoms with Crippen LogP contribution in [0.15, 0.2) is 97.2 Å². The number of rotatable bonds is 55. The van der Waals surface area contributed by atoms with Crippen molar-refractivity contribution in [3.8, 4) is 0 Å². The SMILES string of the molecule is CC/C=C\C/C=C\C/C=C\CCCCCCCCCC(=O)OCC(COC(=O)CCCCCCCC/C=C\C/C=C\C/C=C\CCCCC)OC(=O)CCCCCCCCCCC/C=C\C/C=C\CCCCC. The Hall–Kier alpha value is -3.67. The molecular weight excluding hydrogens is 901 g/mol. The Morgan fingerprint density at radius 2 is 0.534 bits per heavy atom. The Bertz CT molecular complexity index is 1440. The molecule has 0 saturated heterocycles. The van der Waals surface area contributed by atoms with Crippen LogP contribution in [0, 0.1) is 0 Å². The van der Waals surface area contributed by atoms with Crippen LogP contribution in [0.3, 0.4) is 0 Å². The maximum atomic E-state index is 12.9. The molecule has 0 N–H and O–H groups in total. The van der Waals surface area contributed by atoms with Crippen LogP contribution in [-0.4, -0.2) is 37.2 Å². The number of hydrogen-bond donors (Lipinski definition) is 0. The molecule has 0 aromatic rings. The fourth-order valence-electron chi connectivity index (χ4n) is 8.44. The minimum absolute atomic E-state index is 0.0888. The van der Waals surface area contributed by atoms with Gasteiger partial charge in [0, 0.05) is 19.3 Å². The highest BCUT2D eigenvalue weighted by atomic mass is 16.6. The molecule has 1 atom stereocenters. The van der Waals surface area contributed by atoms with Gasteiger partial charge in [0.1, 0.15) is 13.2 Å². The Kier molecular flexibility index (Phi) is 57.8. The van der Waals surface area contributed by atoms with Gasteiger partial charge in [0.15, 0.2) is 6.10 Å². The van der Waals surface area contributed by atoms with Crippen molar-refractivity contribution < 1.29 is 28.6 Å². The van der Waals surface area contributed by atoms with Crippen LogP contribution in [0.25, 0.3) is 0 Å². The molecule has 418 valence electrons. The van der Waals surface area contributed by atoms with E-state index in [4.69, 9.17) is 14.2 Å². The van der Waals surface area contributed by atoms with Crippen molar-refractivity contribution in [3.63, 3.8) is 0 Å². The number of carbonyl (C=O) groups is 3. The first kappa shape index (κ1) is 69.3. The van der Waals surface area contributed by atoms with Crippen LogP contribution >= 0.6 is 0 Å². The molecule has 0 aliphatic rings. The van der Waals surface area contributed by atoms with Gasteiger partial charge in [-0.1, -0.05) is 246 Å².